The molecule has 3 heterocycles. The molecule has 0 aliphatic carbocycles. The quantitative estimate of drug-likeness (QED) is 0.671. The second-order valence-corrected chi connectivity index (χ2v) is 7.95. The Morgan fingerprint density at radius 2 is 2.30 bits per heavy atom. The fraction of sp³-hybridized carbons (Fsp3) is 0.214. The second kappa shape index (κ2) is 5.64. The van der Waals surface area contributed by atoms with Gasteiger partial charge in [0.25, 0.3) is 0 Å². The molecule has 1 atom stereocenters. The minimum Gasteiger partial charge on any atom is -0.333 e. The topological polar surface area (TPSA) is 20.3 Å². The van der Waals surface area contributed by atoms with E-state index in [1.807, 2.05) is 11.0 Å². The van der Waals surface area contributed by atoms with E-state index < -0.39 is 0 Å². The maximum atomic E-state index is 12.0. The van der Waals surface area contributed by atoms with E-state index in [0.717, 1.165) is 8.81 Å². The molecule has 0 bridgehead atoms. The molecule has 2 aromatic rings. The van der Waals surface area contributed by atoms with Crippen molar-refractivity contribution in [2.24, 2.45) is 0 Å². The molecule has 3 rings (SSSR count). The summed E-state index contributed by atoms with van der Waals surface area (Å²) in [5, 5.41) is 4.20. The predicted molar refractivity (Wildman–Crippen MR) is 88.8 cm³/mol. The van der Waals surface area contributed by atoms with E-state index in [1.54, 1.807) is 22.7 Å². The third-order valence-electron chi connectivity index (χ3n) is 3.43. The third-order valence-corrected chi connectivity index (χ3v) is 6.44. The van der Waals surface area contributed by atoms with E-state index in [1.165, 1.54) is 22.1 Å². The lowest BCUT2D eigenvalue weighted by Crippen LogP contribution is -2.36. The maximum Gasteiger partial charge on any atom is 0.246 e. The molecule has 1 aliphatic heterocycles. The molecule has 6 heteroatoms. The lowest BCUT2D eigenvalue weighted by atomic mass is 9.90. The molecule has 0 fully saturated rings. The highest BCUT2D eigenvalue weighted by Crippen LogP contribution is 2.42. The summed E-state index contributed by atoms with van der Waals surface area (Å²) < 4.78 is 1.87. The van der Waals surface area contributed by atoms with Gasteiger partial charge in [-0.15, -0.1) is 11.3 Å². The molecule has 20 heavy (non-hydrogen) atoms. The number of halogens is 2. The van der Waals surface area contributed by atoms with Crippen molar-refractivity contribution in [2.75, 3.05) is 6.54 Å². The summed E-state index contributed by atoms with van der Waals surface area (Å²) in [5.41, 5.74) is 2.46. The Morgan fingerprint density at radius 3 is 2.95 bits per heavy atom. The van der Waals surface area contributed by atoms with E-state index in [2.05, 4.69) is 33.3 Å². The summed E-state index contributed by atoms with van der Waals surface area (Å²) in [4.78, 5) is 15.0. The zero-order valence-electron chi connectivity index (χ0n) is 10.4. The zero-order valence-corrected chi connectivity index (χ0v) is 14.4. The molecule has 0 N–H and O–H groups in total. The van der Waals surface area contributed by atoms with Crippen LogP contribution in [-0.2, 0) is 11.3 Å². The van der Waals surface area contributed by atoms with Crippen LogP contribution < -0.4 is 0 Å². The van der Waals surface area contributed by atoms with Crippen LogP contribution in [-0.4, -0.2) is 17.4 Å². The Bertz CT molecular complexity index is 679. The minimum absolute atomic E-state index is 0.0310. The van der Waals surface area contributed by atoms with Gasteiger partial charge in [0, 0.05) is 27.2 Å². The van der Waals surface area contributed by atoms with Crippen molar-refractivity contribution in [3.8, 4) is 0 Å². The predicted octanol–water partition coefficient (Wildman–Crippen LogP) is 4.89. The SMILES string of the molecule is C=CC(=O)N1Cc2sc(Cl)cc2[C@@H](c2cscc2Br)C1. The molecule has 0 spiro atoms. The van der Waals surface area contributed by atoms with E-state index in [0.29, 0.717) is 13.1 Å². The van der Waals surface area contributed by atoms with Crippen LogP contribution in [0.15, 0.2) is 34.0 Å². The first kappa shape index (κ1) is 14.3. The van der Waals surface area contributed by atoms with Crippen molar-refractivity contribution in [1.29, 1.82) is 0 Å². The molecule has 0 radical (unpaired) electrons. The third kappa shape index (κ3) is 2.48. The number of amides is 1. The van der Waals surface area contributed by atoms with Gasteiger partial charge in [-0.1, -0.05) is 18.2 Å². The Hall–Kier alpha value is -0.620. The van der Waals surface area contributed by atoms with E-state index in [9.17, 15) is 4.79 Å². The van der Waals surface area contributed by atoms with Gasteiger partial charge in [0.15, 0.2) is 0 Å². The fourth-order valence-electron chi connectivity index (χ4n) is 2.49. The first-order chi connectivity index (χ1) is 9.60. The molecule has 0 saturated carbocycles. The summed E-state index contributed by atoms with van der Waals surface area (Å²) in [5.74, 6) is 0.142. The van der Waals surface area contributed by atoms with Gasteiger partial charge >= 0.3 is 0 Å². The lowest BCUT2D eigenvalue weighted by molar-refractivity contribution is -0.127. The highest BCUT2D eigenvalue weighted by atomic mass is 79.9. The van der Waals surface area contributed by atoms with Crippen molar-refractivity contribution in [3.05, 3.63) is 54.3 Å². The molecule has 0 aromatic carbocycles. The van der Waals surface area contributed by atoms with Crippen LogP contribution in [0.5, 0.6) is 0 Å². The van der Waals surface area contributed by atoms with Crippen LogP contribution in [0.25, 0.3) is 0 Å². The van der Waals surface area contributed by atoms with Crippen molar-refractivity contribution >= 4 is 56.1 Å². The van der Waals surface area contributed by atoms with Gasteiger partial charge in [0.05, 0.1) is 10.9 Å². The number of carbonyl (C=O) groups is 1. The number of thiophene rings is 2. The molecule has 2 aromatic heterocycles. The van der Waals surface area contributed by atoms with Crippen molar-refractivity contribution in [3.63, 3.8) is 0 Å². The molecule has 104 valence electrons. The largest absolute Gasteiger partial charge is 0.333 e. The molecule has 0 saturated heterocycles. The monoisotopic (exact) mass is 387 g/mol. The van der Waals surface area contributed by atoms with Crippen LogP contribution in [0.1, 0.15) is 21.9 Å². The van der Waals surface area contributed by atoms with Crippen LogP contribution in [0.3, 0.4) is 0 Å². The molecule has 0 unspecified atom stereocenters. The molecule has 1 aliphatic rings. The molecule has 1 amide bonds. The Kier molecular flexibility index (Phi) is 4.04. The van der Waals surface area contributed by atoms with Gasteiger partial charge in [-0.2, -0.15) is 11.3 Å². The number of fused-ring (bicyclic) bond motifs is 1. The Balaban J connectivity index is 2.06. The fourth-order valence-corrected chi connectivity index (χ4v) is 5.47. The molecule has 2 nitrogen and oxygen atoms in total. The second-order valence-electron chi connectivity index (χ2n) is 4.58. The van der Waals surface area contributed by atoms with Gasteiger partial charge in [-0.3, -0.25) is 4.79 Å². The smallest absolute Gasteiger partial charge is 0.246 e. The van der Waals surface area contributed by atoms with Gasteiger partial charge < -0.3 is 4.90 Å². The number of hydrogen-bond acceptors (Lipinski definition) is 3. The normalized spacial score (nSPS) is 17.9. The van der Waals surface area contributed by atoms with Crippen LogP contribution in [0.2, 0.25) is 4.34 Å². The summed E-state index contributed by atoms with van der Waals surface area (Å²) in [6, 6.07) is 2.03. The summed E-state index contributed by atoms with van der Waals surface area (Å²) in [6.07, 6.45) is 1.37. The highest BCUT2D eigenvalue weighted by Gasteiger charge is 2.31. The molecular weight excluding hydrogens is 378 g/mol. The molecular formula is C14H11BrClNOS2. The van der Waals surface area contributed by atoms with E-state index in [4.69, 9.17) is 11.6 Å². The summed E-state index contributed by atoms with van der Waals surface area (Å²) in [6.45, 7) is 4.87. The number of hydrogen-bond donors (Lipinski definition) is 0. The van der Waals surface area contributed by atoms with Crippen LogP contribution in [0.4, 0.5) is 0 Å². The van der Waals surface area contributed by atoms with Crippen molar-refractivity contribution in [1.82, 2.24) is 4.90 Å². The average Bonchev–Trinajstić information content (AvgIpc) is 3.01. The Labute approximate surface area is 138 Å². The van der Waals surface area contributed by atoms with Crippen molar-refractivity contribution in [2.45, 2.75) is 12.5 Å². The van der Waals surface area contributed by atoms with Gasteiger partial charge in [-0.25, -0.2) is 0 Å². The van der Waals surface area contributed by atoms with Gasteiger partial charge in [0.1, 0.15) is 0 Å². The standard InChI is InChI=1S/C14H11BrClNOS2/c1-2-14(18)17-4-9(10-6-19-7-11(10)15)8-3-13(16)20-12(8)5-17/h2-3,6-7,9H,1,4-5H2/t9-/m0/s1. The maximum absolute atomic E-state index is 12.0. The van der Waals surface area contributed by atoms with Crippen LogP contribution >= 0.6 is 50.2 Å². The Morgan fingerprint density at radius 1 is 1.50 bits per heavy atom. The number of rotatable bonds is 2. The van der Waals surface area contributed by atoms with E-state index in [-0.39, 0.29) is 11.8 Å². The summed E-state index contributed by atoms with van der Waals surface area (Å²) in [7, 11) is 0. The van der Waals surface area contributed by atoms with Gasteiger partial charge in [0.2, 0.25) is 5.91 Å². The highest BCUT2D eigenvalue weighted by molar-refractivity contribution is 9.10. The average molecular weight is 389 g/mol. The number of nitrogens with zero attached hydrogens (tertiary/aromatic N) is 1. The van der Waals surface area contributed by atoms with Gasteiger partial charge in [-0.05, 0) is 44.6 Å². The first-order valence-corrected chi connectivity index (χ1v) is 8.94. The van der Waals surface area contributed by atoms with E-state index >= 15 is 0 Å². The minimum atomic E-state index is -0.0310. The zero-order chi connectivity index (χ0) is 14.3. The first-order valence-electron chi connectivity index (χ1n) is 6.01. The lowest BCUT2D eigenvalue weighted by Gasteiger charge is -2.32. The number of carbonyl (C=O) groups excluding carboxylic acids is 1. The van der Waals surface area contributed by atoms with Crippen molar-refractivity contribution < 1.29 is 4.79 Å². The van der Waals surface area contributed by atoms with Crippen LogP contribution in [0, 0.1) is 0 Å². The summed E-state index contributed by atoms with van der Waals surface area (Å²) >= 11 is 13.0.